The van der Waals surface area contributed by atoms with Crippen LogP contribution in [0.2, 0.25) is 0 Å². The molecule has 1 aromatic carbocycles. The molecule has 20 heavy (non-hydrogen) atoms. The molecule has 1 unspecified atom stereocenters. The summed E-state index contributed by atoms with van der Waals surface area (Å²) in [5.41, 5.74) is 8.11. The van der Waals surface area contributed by atoms with E-state index in [-0.39, 0.29) is 17.3 Å². The van der Waals surface area contributed by atoms with Gasteiger partial charge in [0, 0.05) is 0 Å². The van der Waals surface area contributed by atoms with E-state index in [2.05, 4.69) is 10.3 Å². The van der Waals surface area contributed by atoms with E-state index in [1.54, 1.807) is 0 Å². The molecule has 0 bridgehead atoms. The number of nitrogens with zero attached hydrogens (tertiary/aromatic N) is 1. The highest BCUT2D eigenvalue weighted by Crippen LogP contribution is 2.22. The Bertz CT molecular complexity index is 641. The number of aryl methyl sites for hydroxylation is 1. The normalized spacial score (nSPS) is 11.9. The van der Waals surface area contributed by atoms with Gasteiger partial charge in [-0.3, -0.25) is 0 Å². The van der Waals surface area contributed by atoms with Crippen molar-refractivity contribution >= 4 is 17.5 Å². The van der Waals surface area contributed by atoms with E-state index in [0.717, 1.165) is 5.56 Å². The lowest BCUT2D eigenvalue weighted by atomic mass is 10.0. The molecule has 0 fully saturated rings. The van der Waals surface area contributed by atoms with Gasteiger partial charge in [-0.1, -0.05) is 24.3 Å². The average molecular weight is 271 g/mol. The quantitative estimate of drug-likeness (QED) is 0.795. The number of nitrogens with two attached hydrogens (primary N) is 1. The molecule has 5 nitrogen and oxygen atoms in total. The molecule has 4 N–H and O–H groups in total. The first-order valence-electron chi connectivity index (χ1n) is 6.30. The van der Waals surface area contributed by atoms with Crippen molar-refractivity contribution in [2.24, 2.45) is 0 Å². The molecule has 2 rings (SSSR count). The number of carboxylic acids is 1. The lowest BCUT2D eigenvalue weighted by molar-refractivity contribution is 0.0698. The first kappa shape index (κ1) is 13.9. The standard InChI is InChI=1S/C15H17N3O2/c1-9-5-3-4-6-11(9)10(2)18-14-7-12(15(19)20)13(16)8-17-14/h3-8,10H,16H2,1-2H3,(H,17,18)(H,19,20). The number of rotatable bonds is 4. The van der Waals surface area contributed by atoms with Gasteiger partial charge in [0.25, 0.3) is 0 Å². The molecular formula is C15H17N3O2. The molecule has 2 aromatic rings. The zero-order chi connectivity index (χ0) is 14.7. The maximum absolute atomic E-state index is 11.0. The number of carboxylic acid groups (broad SMARTS) is 1. The van der Waals surface area contributed by atoms with Gasteiger partial charge in [0.1, 0.15) is 5.82 Å². The van der Waals surface area contributed by atoms with Gasteiger partial charge in [0.15, 0.2) is 0 Å². The number of benzene rings is 1. The third-order valence-electron chi connectivity index (χ3n) is 3.18. The van der Waals surface area contributed by atoms with E-state index < -0.39 is 5.97 Å². The van der Waals surface area contributed by atoms with Crippen LogP contribution in [0.15, 0.2) is 36.5 Å². The Hall–Kier alpha value is -2.56. The molecular weight excluding hydrogens is 254 g/mol. The molecule has 0 amide bonds. The predicted molar refractivity (Wildman–Crippen MR) is 78.8 cm³/mol. The van der Waals surface area contributed by atoms with Crippen LogP contribution >= 0.6 is 0 Å². The van der Waals surface area contributed by atoms with E-state index in [1.165, 1.54) is 17.8 Å². The first-order chi connectivity index (χ1) is 9.49. The summed E-state index contributed by atoms with van der Waals surface area (Å²) in [6.07, 6.45) is 1.36. The Labute approximate surface area is 117 Å². The highest BCUT2D eigenvalue weighted by atomic mass is 16.4. The zero-order valence-electron chi connectivity index (χ0n) is 11.4. The van der Waals surface area contributed by atoms with E-state index in [1.807, 2.05) is 38.1 Å². The zero-order valence-corrected chi connectivity index (χ0v) is 11.4. The molecule has 0 aliphatic rings. The van der Waals surface area contributed by atoms with Crippen molar-refractivity contribution in [2.75, 3.05) is 11.1 Å². The number of hydrogen-bond donors (Lipinski definition) is 3. The number of aromatic carboxylic acids is 1. The van der Waals surface area contributed by atoms with Crippen LogP contribution in [0.4, 0.5) is 11.5 Å². The molecule has 0 spiro atoms. The number of nitrogen functional groups attached to an aromatic ring is 1. The summed E-state index contributed by atoms with van der Waals surface area (Å²) in [7, 11) is 0. The highest BCUT2D eigenvalue weighted by molar-refractivity contribution is 5.94. The van der Waals surface area contributed by atoms with Crippen molar-refractivity contribution in [1.29, 1.82) is 0 Å². The number of anilines is 2. The SMILES string of the molecule is Cc1ccccc1C(C)Nc1cc(C(=O)O)c(N)cn1. The van der Waals surface area contributed by atoms with Gasteiger partial charge in [-0.15, -0.1) is 0 Å². The van der Waals surface area contributed by atoms with Gasteiger partial charge >= 0.3 is 5.97 Å². The maximum atomic E-state index is 11.0. The molecule has 1 aromatic heterocycles. The fourth-order valence-corrected chi connectivity index (χ4v) is 2.10. The largest absolute Gasteiger partial charge is 0.478 e. The second-order valence-electron chi connectivity index (χ2n) is 4.68. The first-order valence-corrected chi connectivity index (χ1v) is 6.30. The second kappa shape index (κ2) is 5.61. The molecule has 0 aliphatic heterocycles. The monoisotopic (exact) mass is 271 g/mol. The molecule has 104 valence electrons. The molecule has 0 saturated heterocycles. The predicted octanol–water partition coefficient (Wildman–Crippen LogP) is 2.84. The summed E-state index contributed by atoms with van der Waals surface area (Å²) < 4.78 is 0. The summed E-state index contributed by atoms with van der Waals surface area (Å²) in [5.74, 6) is -0.566. The lowest BCUT2D eigenvalue weighted by Crippen LogP contribution is -2.11. The fourth-order valence-electron chi connectivity index (χ4n) is 2.10. The summed E-state index contributed by atoms with van der Waals surface area (Å²) in [5, 5.41) is 12.2. The van der Waals surface area contributed by atoms with E-state index in [4.69, 9.17) is 10.8 Å². The minimum Gasteiger partial charge on any atom is -0.478 e. The fraction of sp³-hybridized carbons (Fsp3) is 0.200. The molecule has 0 radical (unpaired) electrons. The highest BCUT2D eigenvalue weighted by Gasteiger charge is 2.12. The van der Waals surface area contributed by atoms with Crippen molar-refractivity contribution in [3.8, 4) is 0 Å². The Morgan fingerprint density at radius 3 is 2.75 bits per heavy atom. The third-order valence-corrected chi connectivity index (χ3v) is 3.18. The maximum Gasteiger partial charge on any atom is 0.337 e. The number of nitrogens with one attached hydrogen (secondary N) is 1. The van der Waals surface area contributed by atoms with Crippen LogP contribution < -0.4 is 11.1 Å². The van der Waals surface area contributed by atoms with E-state index in [9.17, 15) is 4.79 Å². The van der Waals surface area contributed by atoms with Crippen LogP contribution in [0.25, 0.3) is 0 Å². The Kier molecular flexibility index (Phi) is 3.89. The minimum atomic E-state index is -1.06. The second-order valence-corrected chi connectivity index (χ2v) is 4.68. The van der Waals surface area contributed by atoms with Crippen LogP contribution in [-0.2, 0) is 0 Å². The summed E-state index contributed by atoms with van der Waals surface area (Å²) in [4.78, 5) is 15.2. The number of aromatic nitrogens is 1. The van der Waals surface area contributed by atoms with Gasteiger partial charge in [-0.05, 0) is 31.0 Å². The lowest BCUT2D eigenvalue weighted by Gasteiger charge is -2.17. The van der Waals surface area contributed by atoms with Crippen molar-refractivity contribution in [3.05, 3.63) is 53.2 Å². The summed E-state index contributed by atoms with van der Waals surface area (Å²) >= 11 is 0. The van der Waals surface area contributed by atoms with Gasteiger partial charge in [0.2, 0.25) is 0 Å². The van der Waals surface area contributed by atoms with Crippen LogP contribution in [-0.4, -0.2) is 16.1 Å². The van der Waals surface area contributed by atoms with Gasteiger partial charge in [0.05, 0.1) is 23.5 Å². The van der Waals surface area contributed by atoms with E-state index in [0.29, 0.717) is 5.82 Å². The Balaban J connectivity index is 2.24. The number of carbonyl (C=O) groups is 1. The molecule has 5 heteroatoms. The van der Waals surface area contributed by atoms with Crippen molar-refractivity contribution in [3.63, 3.8) is 0 Å². The van der Waals surface area contributed by atoms with E-state index >= 15 is 0 Å². The topological polar surface area (TPSA) is 88.2 Å². The van der Waals surface area contributed by atoms with Gasteiger partial charge in [-0.25, -0.2) is 9.78 Å². The Morgan fingerprint density at radius 2 is 2.10 bits per heavy atom. The van der Waals surface area contributed by atoms with Crippen LogP contribution in [0.3, 0.4) is 0 Å². The summed E-state index contributed by atoms with van der Waals surface area (Å²) in [6.45, 7) is 4.04. The smallest absolute Gasteiger partial charge is 0.337 e. The molecule has 1 atom stereocenters. The minimum absolute atomic E-state index is 0.0222. The van der Waals surface area contributed by atoms with Crippen molar-refractivity contribution < 1.29 is 9.90 Å². The average Bonchev–Trinajstić information content (AvgIpc) is 2.41. The number of pyridine rings is 1. The summed E-state index contributed by atoms with van der Waals surface area (Å²) in [6, 6.07) is 9.49. The number of hydrogen-bond acceptors (Lipinski definition) is 4. The van der Waals surface area contributed by atoms with Crippen LogP contribution in [0, 0.1) is 6.92 Å². The van der Waals surface area contributed by atoms with Gasteiger partial charge in [-0.2, -0.15) is 0 Å². The van der Waals surface area contributed by atoms with Crippen molar-refractivity contribution in [1.82, 2.24) is 4.98 Å². The molecule has 0 saturated carbocycles. The molecule has 1 heterocycles. The third kappa shape index (κ3) is 2.88. The van der Waals surface area contributed by atoms with Gasteiger partial charge < -0.3 is 16.2 Å². The van der Waals surface area contributed by atoms with Crippen molar-refractivity contribution in [2.45, 2.75) is 19.9 Å². The Morgan fingerprint density at radius 1 is 1.40 bits per heavy atom. The van der Waals surface area contributed by atoms with Crippen LogP contribution in [0.5, 0.6) is 0 Å². The van der Waals surface area contributed by atoms with Crippen LogP contribution in [0.1, 0.15) is 34.5 Å². The molecule has 0 aliphatic carbocycles.